The van der Waals surface area contributed by atoms with E-state index in [-0.39, 0.29) is 11.5 Å². The highest BCUT2D eigenvalue weighted by molar-refractivity contribution is 7.99. The van der Waals surface area contributed by atoms with Crippen molar-refractivity contribution in [3.63, 3.8) is 0 Å². The highest BCUT2D eigenvalue weighted by Crippen LogP contribution is 2.37. The summed E-state index contributed by atoms with van der Waals surface area (Å²) in [5, 5.41) is 10.2. The first-order chi connectivity index (χ1) is 15.6. The van der Waals surface area contributed by atoms with Crippen LogP contribution in [0.25, 0.3) is 21.3 Å². The third-order valence-corrected chi connectivity index (χ3v) is 7.90. The normalized spacial score (nSPS) is 16.3. The van der Waals surface area contributed by atoms with Crippen LogP contribution in [-0.2, 0) is 9.53 Å². The standard InChI is InChI=1S/C25H30N2O4S2/c1-14-21(23(24(29)30)31-25(3,4)5)27(17-8-10-32-11-9-17)15(2)20(22(14)28)16-6-7-18-19(12-16)33-13-26-18/h6-7,12-13,17,23H,8-11H2,1-5H3,(H,29,30). The molecule has 176 valence electrons. The topological polar surface area (TPSA) is 81.4 Å². The van der Waals surface area contributed by atoms with Crippen LogP contribution >= 0.6 is 23.1 Å². The van der Waals surface area contributed by atoms with Crippen LogP contribution in [0.2, 0.25) is 0 Å². The van der Waals surface area contributed by atoms with Gasteiger partial charge in [0, 0.05) is 22.9 Å². The van der Waals surface area contributed by atoms with Gasteiger partial charge in [0.05, 0.1) is 27.0 Å². The Balaban J connectivity index is 2.00. The molecule has 0 radical (unpaired) electrons. The molecule has 1 aliphatic rings. The fraction of sp³-hybridized carbons (Fsp3) is 0.480. The van der Waals surface area contributed by atoms with Crippen LogP contribution in [0, 0.1) is 13.8 Å². The molecule has 0 amide bonds. The van der Waals surface area contributed by atoms with E-state index in [1.807, 2.05) is 57.7 Å². The Morgan fingerprint density at radius 3 is 2.58 bits per heavy atom. The Morgan fingerprint density at radius 2 is 1.94 bits per heavy atom. The summed E-state index contributed by atoms with van der Waals surface area (Å²) < 4.78 is 9.16. The van der Waals surface area contributed by atoms with E-state index in [1.54, 1.807) is 23.8 Å². The molecule has 1 N–H and O–H groups in total. The SMILES string of the molecule is Cc1c(C(OC(C)(C)C)C(=O)O)n(C2CCSCC2)c(C)c(-c2ccc3ncsc3c2)c1=O. The van der Waals surface area contributed by atoms with Crippen molar-refractivity contribution in [1.29, 1.82) is 0 Å². The lowest BCUT2D eigenvalue weighted by molar-refractivity contribution is -0.161. The molecule has 33 heavy (non-hydrogen) atoms. The van der Waals surface area contributed by atoms with Gasteiger partial charge in [-0.15, -0.1) is 11.3 Å². The highest BCUT2D eigenvalue weighted by atomic mass is 32.2. The van der Waals surface area contributed by atoms with Crippen LogP contribution in [0.15, 0.2) is 28.5 Å². The number of hydrogen-bond acceptors (Lipinski definition) is 6. The second kappa shape index (κ2) is 9.24. The van der Waals surface area contributed by atoms with Crippen molar-refractivity contribution < 1.29 is 14.6 Å². The maximum atomic E-state index is 13.7. The van der Waals surface area contributed by atoms with E-state index in [4.69, 9.17) is 4.74 Å². The monoisotopic (exact) mass is 486 g/mol. The number of thiazole rings is 1. The number of nitrogens with zero attached hydrogens (tertiary/aromatic N) is 2. The summed E-state index contributed by atoms with van der Waals surface area (Å²) in [5.41, 5.74) is 5.06. The third kappa shape index (κ3) is 4.74. The zero-order valence-corrected chi connectivity index (χ0v) is 21.3. The molecule has 1 fully saturated rings. The Morgan fingerprint density at radius 1 is 1.24 bits per heavy atom. The number of ether oxygens (including phenoxy) is 1. The van der Waals surface area contributed by atoms with E-state index < -0.39 is 17.7 Å². The fourth-order valence-electron chi connectivity index (χ4n) is 4.61. The third-order valence-electron chi connectivity index (χ3n) is 6.05. The predicted molar refractivity (Wildman–Crippen MR) is 136 cm³/mol. The van der Waals surface area contributed by atoms with Gasteiger partial charge in [0.15, 0.2) is 11.5 Å². The van der Waals surface area contributed by atoms with Gasteiger partial charge >= 0.3 is 5.97 Å². The van der Waals surface area contributed by atoms with Crippen LogP contribution in [0.4, 0.5) is 0 Å². The number of pyridine rings is 1. The Labute approximate surface area is 202 Å². The van der Waals surface area contributed by atoms with Crippen LogP contribution in [0.1, 0.15) is 62.7 Å². The summed E-state index contributed by atoms with van der Waals surface area (Å²) in [7, 11) is 0. The molecular weight excluding hydrogens is 456 g/mol. The second-order valence-electron chi connectivity index (χ2n) is 9.50. The van der Waals surface area contributed by atoms with Gasteiger partial charge in [0.2, 0.25) is 0 Å². The summed E-state index contributed by atoms with van der Waals surface area (Å²) in [5.74, 6) is 0.938. The smallest absolute Gasteiger partial charge is 0.339 e. The fourth-order valence-corrected chi connectivity index (χ4v) is 6.41. The van der Waals surface area contributed by atoms with Gasteiger partial charge < -0.3 is 14.4 Å². The lowest BCUT2D eigenvalue weighted by atomic mass is 9.95. The molecule has 6 nitrogen and oxygen atoms in total. The number of carbonyl (C=O) groups is 1. The van der Waals surface area contributed by atoms with Crippen molar-refractivity contribution >= 4 is 39.3 Å². The zero-order chi connectivity index (χ0) is 23.9. The van der Waals surface area contributed by atoms with Gasteiger partial charge in [-0.25, -0.2) is 9.78 Å². The lowest BCUT2D eigenvalue weighted by Crippen LogP contribution is -2.35. The molecule has 1 aromatic carbocycles. The molecule has 1 saturated heterocycles. The van der Waals surface area contributed by atoms with E-state index in [2.05, 4.69) is 9.55 Å². The molecule has 0 bridgehead atoms. The van der Waals surface area contributed by atoms with Crippen molar-refractivity contribution in [3.8, 4) is 11.1 Å². The molecule has 0 spiro atoms. The second-order valence-corrected chi connectivity index (χ2v) is 11.6. The summed E-state index contributed by atoms with van der Waals surface area (Å²) in [6.07, 6.45) is 0.635. The van der Waals surface area contributed by atoms with Crippen LogP contribution in [-0.4, -0.2) is 37.7 Å². The minimum absolute atomic E-state index is 0.122. The molecular formula is C25H30N2O4S2. The predicted octanol–water partition coefficient (Wildman–Crippen LogP) is 5.75. The molecule has 1 atom stereocenters. The van der Waals surface area contributed by atoms with Gasteiger partial charge in [0.1, 0.15) is 0 Å². The van der Waals surface area contributed by atoms with Crippen molar-refractivity contribution in [2.45, 2.75) is 65.2 Å². The summed E-state index contributed by atoms with van der Waals surface area (Å²) >= 11 is 3.45. The Bertz CT molecular complexity index is 1250. The number of carboxylic acid groups (broad SMARTS) is 1. The first-order valence-electron chi connectivity index (χ1n) is 11.2. The number of fused-ring (bicyclic) bond motifs is 1. The molecule has 2 aromatic heterocycles. The van der Waals surface area contributed by atoms with Crippen LogP contribution in [0.5, 0.6) is 0 Å². The Kier molecular flexibility index (Phi) is 6.71. The number of aliphatic carboxylic acids is 1. The van der Waals surface area contributed by atoms with Crippen molar-refractivity contribution in [3.05, 3.63) is 50.9 Å². The molecule has 4 rings (SSSR count). The number of aromatic nitrogens is 2. The molecule has 0 aliphatic carbocycles. The minimum Gasteiger partial charge on any atom is -0.479 e. The van der Waals surface area contributed by atoms with Crippen molar-refractivity contribution in [2.75, 3.05) is 11.5 Å². The van der Waals surface area contributed by atoms with Crippen molar-refractivity contribution in [1.82, 2.24) is 9.55 Å². The Hall–Kier alpha value is -2.16. The maximum Gasteiger partial charge on any atom is 0.339 e. The van der Waals surface area contributed by atoms with E-state index in [1.165, 1.54) is 0 Å². The molecule has 3 heterocycles. The van der Waals surface area contributed by atoms with Crippen LogP contribution < -0.4 is 5.43 Å². The van der Waals surface area contributed by atoms with E-state index in [9.17, 15) is 14.7 Å². The first-order valence-corrected chi connectivity index (χ1v) is 13.2. The number of benzene rings is 1. The van der Waals surface area contributed by atoms with Crippen LogP contribution in [0.3, 0.4) is 0 Å². The largest absolute Gasteiger partial charge is 0.479 e. The average Bonchev–Trinajstić information content (AvgIpc) is 3.22. The van der Waals surface area contributed by atoms with E-state index in [0.717, 1.165) is 45.8 Å². The van der Waals surface area contributed by atoms with Gasteiger partial charge in [-0.2, -0.15) is 11.8 Å². The van der Waals surface area contributed by atoms with Gasteiger partial charge in [-0.1, -0.05) is 6.07 Å². The number of carboxylic acids is 1. The van der Waals surface area contributed by atoms with E-state index in [0.29, 0.717) is 16.8 Å². The minimum atomic E-state index is -1.22. The number of thioether (sulfide) groups is 1. The van der Waals surface area contributed by atoms with Gasteiger partial charge in [0.25, 0.3) is 0 Å². The highest BCUT2D eigenvalue weighted by Gasteiger charge is 2.35. The quantitative estimate of drug-likeness (QED) is 0.494. The molecule has 8 heteroatoms. The van der Waals surface area contributed by atoms with Crippen molar-refractivity contribution in [2.24, 2.45) is 0 Å². The number of hydrogen-bond donors (Lipinski definition) is 1. The maximum absolute atomic E-state index is 13.7. The summed E-state index contributed by atoms with van der Waals surface area (Å²) in [6.45, 7) is 9.19. The average molecular weight is 487 g/mol. The van der Waals surface area contributed by atoms with Gasteiger partial charge in [-0.3, -0.25) is 4.79 Å². The van der Waals surface area contributed by atoms with Gasteiger partial charge in [-0.05, 0) is 76.7 Å². The molecule has 1 unspecified atom stereocenters. The molecule has 3 aromatic rings. The zero-order valence-electron chi connectivity index (χ0n) is 19.7. The first kappa shape index (κ1) is 24.0. The number of rotatable bonds is 5. The van der Waals surface area contributed by atoms with E-state index >= 15 is 0 Å². The summed E-state index contributed by atoms with van der Waals surface area (Å²) in [6, 6.07) is 6.01. The lowest BCUT2D eigenvalue weighted by Gasteiger charge is -2.35. The molecule has 1 aliphatic heterocycles. The summed E-state index contributed by atoms with van der Waals surface area (Å²) in [4.78, 5) is 30.5. The molecule has 0 saturated carbocycles.